The number of hydrogen-bond acceptors (Lipinski definition) is 2. The minimum atomic E-state index is -2.31. The van der Waals surface area contributed by atoms with E-state index in [9.17, 15) is 8.42 Å². The van der Waals surface area contributed by atoms with Crippen molar-refractivity contribution in [2.75, 3.05) is 0 Å². The van der Waals surface area contributed by atoms with Crippen molar-refractivity contribution in [1.29, 1.82) is 0 Å². The zero-order chi connectivity index (χ0) is 7.40. The molecule has 10 heavy (non-hydrogen) atoms. The van der Waals surface area contributed by atoms with E-state index in [1.54, 1.807) is 24.3 Å². The van der Waals surface area contributed by atoms with E-state index >= 15 is 0 Å². The summed E-state index contributed by atoms with van der Waals surface area (Å²) in [6.07, 6.45) is 0. The molecule has 0 aromatic heterocycles. The topological polar surface area (TPSA) is 34.1 Å². The summed E-state index contributed by atoms with van der Waals surface area (Å²) in [7, 11) is -2.31. The molecule has 0 N–H and O–H groups in total. The number of rotatable bonds is 2. The lowest BCUT2D eigenvalue weighted by molar-refractivity contribution is 0.614. The van der Waals surface area contributed by atoms with E-state index in [1.807, 2.05) is 0 Å². The Bertz CT molecular complexity index is 256. The van der Waals surface area contributed by atoms with Crippen LogP contribution in [-0.2, 0) is 16.5 Å². The quantitative estimate of drug-likeness (QED) is 0.634. The van der Waals surface area contributed by atoms with Crippen LogP contribution in [0.3, 0.4) is 0 Å². The van der Waals surface area contributed by atoms with E-state index < -0.39 is 10.7 Å². The van der Waals surface area contributed by atoms with Crippen LogP contribution in [0.4, 0.5) is 0 Å². The second-order valence-corrected chi connectivity index (χ2v) is 2.86. The van der Waals surface area contributed by atoms with E-state index in [1.165, 1.54) is 0 Å². The SMILES string of the molecule is O=[SH](=O)Cc1[c]cccc1. The highest BCUT2D eigenvalue weighted by molar-refractivity contribution is 7.71. The van der Waals surface area contributed by atoms with Gasteiger partial charge in [-0.1, -0.05) is 24.3 Å². The Kier molecular flexibility index (Phi) is 2.45. The number of benzene rings is 1. The molecule has 0 heterocycles. The van der Waals surface area contributed by atoms with Gasteiger partial charge in [-0.05, 0) is 11.6 Å². The van der Waals surface area contributed by atoms with Crippen molar-refractivity contribution in [2.45, 2.75) is 5.75 Å². The van der Waals surface area contributed by atoms with Gasteiger partial charge in [-0.25, -0.2) is 8.42 Å². The highest BCUT2D eigenvalue weighted by Crippen LogP contribution is 1.97. The molecule has 1 aromatic carbocycles. The van der Waals surface area contributed by atoms with E-state index in [4.69, 9.17) is 0 Å². The molecule has 0 aliphatic heterocycles. The van der Waals surface area contributed by atoms with E-state index in [2.05, 4.69) is 6.07 Å². The van der Waals surface area contributed by atoms with Gasteiger partial charge in [0.15, 0.2) is 0 Å². The second kappa shape index (κ2) is 3.37. The Morgan fingerprint density at radius 1 is 1.40 bits per heavy atom. The molecule has 0 unspecified atom stereocenters. The van der Waals surface area contributed by atoms with Crippen molar-refractivity contribution in [1.82, 2.24) is 0 Å². The molecule has 3 heteroatoms. The highest BCUT2D eigenvalue weighted by atomic mass is 32.2. The summed E-state index contributed by atoms with van der Waals surface area (Å²) in [6, 6.07) is 9.86. The molecule has 0 aliphatic rings. The average Bonchev–Trinajstić information content (AvgIpc) is 1.88. The van der Waals surface area contributed by atoms with Crippen LogP contribution in [0.25, 0.3) is 0 Å². The summed E-state index contributed by atoms with van der Waals surface area (Å²) in [5.74, 6) is 0.0934. The lowest BCUT2D eigenvalue weighted by atomic mass is 10.2. The molecular formula is C7H7O2S. The van der Waals surface area contributed by atoms with Crippen LogP contribution >= 0.6 is 0 Å². The van der Waals surface area contributed by atoms with Crippen molar-refractivity contribution in [3.8, 4) is 0 Å². The first kappa shape index (κ1) is 7.28. The van der Waals surface area contributed by atoms with Gasteiger partial charge < -0.3 is 0 Å². The maximum absolute atomic E-state index is 10.2. The number of hydrogen-bond donors (Lipinski definition) is 1. The first-order chi connectivity index (χ1) is 4.79. The zero-order valence-corrected chi connectivity index (χ0v) is 6.17. The van der Waals surface area contributed by atoms with Gasteiger partial charge in [0.25, 0.3) is 0 Å². The molecule has 0 amide bonds. The van der Waals surface area contributed by atoms with Gasteiger partial charge in [-0.2, -0.15) is 0 Å². The van der Waals surface area contributed by atoms with Crippen LogP contribution in [0, 0.1) is 6.07 Å². The largest absolute Gasteiger partial charge is 0.232 e. The Labute approximate surface area is 61.5 Å². The zero-order valence-electron chi connectivity index (χ0n) is 5.28. The monoisotopic (exact) mass is 155 g/mol. The Morgan fingerprint density at radius 2 is 2.20 bits per heavy atom. The Hall–Kier alpha value is -0.830. The van der Waals surface area contributed by atoms with Crippen molar-refractivity contribution < 1.29 is 8.42 Å². The van der Waals surface area contributed by atoms with Crippen LogP contribution < -0.4 is 0 Å². The van der Waals surface area contributed by atoms with Gasteiger partial charge in [-0.3, -0.25) is 0 Å². The van der Waals surface area contributed by atoms with Gasteiger partial charge >= 0.3 is 0 Å². The van der Waals surface area contributed by atoms with Crippen molar-refractivity contribution in [2.24, 2.45) is 0 Å². The summed E-state index contributed by atoms with van der Waals surface area (Å²) in [5, 5.41) is 0. The van der Waals surface area contributed by atoms with Gasteiger partial charge in [0.2, 0.25) is 0 Å². The standard InChI is InChI=1S/C7H7O2S/c8-10(9)6-7-4-2-1-3-5-7/h1-4,10H,6H2. The van der Waals surface area contributed by atoms with Gasteiger partial charge in [-0.15, -0.1) is 0 Å². The van der Waals surface area contributed by atoms with Crippen LogP contribution in [0.15, 0.2) is 24.3 Å². The van der Waals surface area contributed by atoms with Crippen LogP contribution in [-0.4, -0.2) is 8.42 Å². The Morgan fingerprint density at radius 3 is 2.70 bits per heavy atom. The van der Waals surface area contributed by atoms with Crippen molar-refractivity contribution >= 4 is 10.7 Å². The third kappa shape index (κ3) is 2.19. The second-order valence-electron chi connectivity index (χ2n) is 1.88. The van der Waals surface area contributed by atoms with E-state index in [0.717, 1.165) is 5.56 Å². The molecule has 2 nitrogen and oxygen atoms in total. The normalized spacial score (nSPS) is 10.1. The summed E-state index contributed by atoms with van der Waals surface area (Å²) in [5.41, 5.74) is 0.721. The van der Waals surface area contributed by atoms with E-state index in [-0.39, 0.29) is 5.75 Å². The molecule has 0 bridgehead atoms. The van der Waals surface area contributed by atoms with E-state index in [0.29, 0.717) is 0 Å². The minimum absolute atomic E-state index is 0.0934. The van der Waals surface area contributed by atoms with Gasteiger partial charge in [0.05, 0.1) is 5.75 Å². The first-order valence-corrected chi connectivity index (χ1v) is 4.23. The molecule has 0 atom stereocenters. The average molecular weight is 155 g/mol. The molecule has 0 saturated heterocycles. The molecule has 0 aliphatic carbocycles. The fourth-order valence-corrected chi connectivity index (χ4v) is 1.14. The maximum Gasteiger partial charge on any atom is 0.144 e. The highest BCUT2D eigenvalue weighted by Gasteiger charge is 1.90. The molecular weight excluding hydrogens is 148 g/mol. The van der Waals surface area contributed by atoms with Crippen molar-refractivity contribution in [3.05, 3.63) is 35.9 Å². The summed E-state index contributed by atoms with van der Waals surface area (Å²) < 4.78 is 20.4. The van der Waals surface area contributed by atoms with Crippen LogP contribution in [0.2, 0.25) is 0 Å². The Balaban J connectivity index is 2.77. The smallest absolute Gasteiger partial charge is 0.144 e. The molecule has 0 fully saturated rings. The minimum Gasteiger partial charge on any atom is -0.232 e. The summed E-state index contributed by atoms with van der Waals surface area (Å²) >= 11 is 0. The van der Waals surface area contributed by atoms with Gasteiger partial charge in [0.1, 0.15) is 10.7 Å². The lowest BCUT2D eigenvalue weighted by Crippen LogP contribution is -1.84. The molecule has 1 rings (SSSR count). The van der Waals surface area contributed by atoms with Crippen LogP contribution in [0.5, 0.6) is 0 Å². The summed E-state index contributed by atoms with van der Waals surface area (Å²) in [4.78, 5) is 0. The van der Waals surface area contributed by atoms with Gasteiger partial charge in [0, 0.05) is 0 Å². The summed E-state index contributed by atoms with van der Waals surface area (Å²) in [6.45, 7) is 0. The maximum atomic E-state index is 10.2. The fourth-order valence-electron chi connectivity index (χ4n) is 0.668. The van der Waals surface area contributed by atoms with Crippen molar-refractivity contribution in [3.63, 3.8) is 0 Å². The predicted molar refractivity (Wildman–Crippen MR) is 39.3 cm³/mol. The third-order valence-corrected chi connectivity index (χ3v) is 1.67. The fraction of sp³-hybridized carbons (Fsp3) is 0.143. The predicted octanol–water partition coefficient (Wildman–Crippen LogP) is 0.598. The first-order valence-electron chi connectivity index (χ1n) is 2.86. The molecule has 1 radical (unpaired) electrons. The molecule has 0 spiro atoms. The lowest BCUT2D eigenvalue weighted by Gasteiger charge is -1.89. The third-order valence-electron chi connectivity index (χ3n) is 1.07. The molecule has 53 valence electrons. The van der Waals surface area contributed by atoms with Crippen LogP contribution in [0.1, 0.15) is 5.56 Å². The molecule has 1 aromatic rings. The molecule has 0 saturated carbocycles. The number of thiol groups is 1.